The van der Waals surface area contributed by atoms with E-state index in [2.05, 4.69) is 36.2 Å². The molecule has 2 aromatic carbocycles. The molecule has 0 aliphatic rings. The second-order valence-corrected chi connectivity index (χ2v) is 9.39. The molecule has 0 spiro atoms. The van der Waals surface area contributed by atoms with Crippen molar-refractivity contribution in [1.29, 1.82) is 5.26 Å². The molecule has 5 rings (SSSR count). The minimum atomic E-state index is -0.530. The molecule has 0 radical (unpaired) electrons. The van der Waals surface area contributed by atoms with E-state index in [4.69, 9.17) is 41.0 Å². The van der Waals surface area contributed by atoms with Crippen LogP contribution < -0.4 is 17.2 Å². The lowest BCUT2D eigenvalue weighted by atomic mass is 9.99. The highest BCUT2D eigenvalue weighted by Crippen LogP contribution is 2.34. The van der Waals surface area contributed by atoms with Crippen molar-refractivity contribution >= 4 is 56.2 Å². The Labute approximate surface area is 254 Å². The van der Waals surface area contributed by atoms with E-state index in [0.29, 0.717) is 33.8 Å². The number of nitriles is 1. The number of aromatic amines is 1. The number of carbonyl (C=O) groups is 2. The second-order valence-electron chi connectivity index (χ2n) is 9.03. The molecule has 15 heteroatoms. The van der Waals surface area contributed by atoms with Crippen molar-refractivity contribution in [2.75, 3.05) is 31.4 Å². The topological polar surface area (TPSA) is 235 Å². The summed E-state index contributed by atoms with van der Waals surface area (Å²) in [5.41, 5.74) is 24.2. The molecule has 0 unspecified atom stereocenters. The van der Waals surface area contributed by atoms with Crippen LogP contribution in [0, 0.1) is 37.9 Å². The summed E-state index contributed by atoms with van der Waals surface area (Å²) in [6.45, 7) is 7.27. The third kappa shape index (κ3) is 6.76. The first-order chi connectivity index (χ1) is 20.4. The first-order valence-corrected chi connectivity index (χ1v) is 13.2. The van der Waals surface area contributed by atoms with Gasteiger partial charge in [-0.3, -0.25) is 0 Å². The summed E-state index contributed by atoms with van der Waals surface area (Å²) in [7, 11) is 2.62. The molecule has 7 N–H and O–H groups in total. The van der Waals surface area contributed by atoms with E-state index in [9.17, 15) is 9.59 Å². The lowest BCUT2D eigenvalue weighted by Crippen LogP contribution is -2.08. The Balaban J connectivity index is 0.000000217. The van der Waals surface area contributed by atoms with Crippen LogP contribution in [-0.2, 0) is 9.47 Å². The summed E-state index contributed by atoms with van der Waals surface area (Å²) in [5, 5.41) is 15.0. The summed E-state index contributed by atoms with van der Waals surface area (Å²) < 4.78 is 19.8. The number of nitrogens with two attached hydrogens (primary N) is 3. The minimum absolute atomic E-state index is 0.211. The molecule has 0 saturated carbocycles. The maximum atomic E-state index is 12.0. The van der Waals surface area contributed by atoms with Gasteiger partial charge < -0.3 is 40.7 Å². The van der Waals surface area contributed by atoms with Gasteiger partial charge in [0, 0.05) is 27.1 Å². The highest BCUT2D eigenvalue weighted by atomic mass is 79.9. The zero-order chi connectivity index (χ0) is 32.0. The number of hydrogen-bond acceptors (Lipinski definition) is 13. The third-order valence-corrected chi connectivity index (χ3v) is 6.27. The Morgan fingerprint density at radius 3 is 1.79 bits per heavy atom. The molecule has 0 aliphatic heterocycles. The Morgan fingerprint density at radius 2 is 1.33 bits per heavy atom. The van der Waals surface area contributed by atoms with E-state index in [0.717, 1.165) is 33.6 Å². The first-order valence-electron chi connectivity index (χ1n) is 12.4. The average molecular weight is 653 g/mol. The summed E-state index contributed by atoms with van der Waals surface area (Å²) in [6.07, 6.45) is 0. The van der Waals surface area contributed by atoms with Crippen molar-refractivity contribution in [3.63, 3.8) is 0 Å². The Morgan fingerprint density at radius 1 is 0.860 bits per heavy atom. The molecule has 0 bridgehead atoms. The summed E-state index contributed by atoms with van der Waals surface area (Å²) in [5.74, 6) is 0.566. The predicted molar refractivity (Wildman–Crippen MR) is 163 cm³/mol. The van der Waals surface area contributed by atoms with E-state index in [1.54, 1.807) is 30.1 Å². The molecular weight excluding hydrogens is 624 g/mol. The minimum Gasteiger partial charge on any atom is -0.465 e. The van der Waals surface area contributed by atoms with Gasteiger partial charge in [-0.1, -0.05) is 10.3 Å². The number of ether oxygens (including phenoxy) is 2. The van der Waals surface area contributed by atoms with Crippen molar-refractivity contribution in [3.05, 3.63) is 58.3 Å². The third-order valence-electron chi connectivity index (χ3n) is 6.27. The molecule has 43 heavy (non-hydrogen) atoms. The van der Waals surface area contributed by atoms with E-state index in [1.165, 1.54) is 14.2 Å². The van der Waals surface area contributed by atoms with Crippen molar-refractivity contribution in [1.82, 2.24) is 20.3 Å². The van der Waals surface area contributed by atoms with Gasteiger partial charge in [0.05, 0.1) is 53.6 Å². The van der Waals surface area contributed by atoms with Crippen molar-refractivity contribution in [2.45, 2.75) is 27.7 Å². The van der Waals surface area contributed by atoms with Crippen LogP contribution in [0.2, 0.25) is 0 Å². The Hall–Kier alpha value is -5.36. The van der Waals surface area contributed by atoms with E-state index >= 15 is 0 Å². The molecular formula is C28H29BrN8O6. The number of imidazole rings is 1. The second kappa shape index (κ2) is 13.5. The maximum absolute atomic E-state index is 12.0. The summed E-state index contributed by atoms with van der Waals surface area (Å²) >= 11 is 2.45. The zero-order valence-corrected chi connectivity index (χ0v) is 25.7. The molecule has 3 aromatic heterocycles. The zero-order valence-electron chi connectivity index (χ0n) is 24.2. The molecule has 14 nitrogen and oxygen atoms in total. The monoisotopic (exact) mass is 652 g/mol. The van der Waals surface area contributed by atoms with Gasteiger partial charge in [-0.15, -0.1) is 0 Å². The van der Waals surface area contributed by atoms with Crippen LogP contribution in [0.4, 0.5) is 17.3 Å². The predicted octanol–water partition coefficient (Wildman–Crippen LogP) is 4.98. The molecule has 0 amide bonds. The normalized spacial score (nSPS) is 10.2. The Bertz CT molecular complexity index is 1810. The largest absolute Gasteiger partial charge is 0.465 e. The van der Waals surface area contributed by atoms with Crippen LogP contribution in [-0.4, -0.2) is 46.4 Å². The van der Waals surface area contributed by atoms with Crippen LogP contribution in [0.3, 0.4) is 0 Å². The molecule has 224 valence electrons. The fraction of sp³-hybridized carbons (Fsp3) is 0.214. The number of aryl methyl sites for hydroxylation is 4. The van der Waals surface area contributed by atoms with Gasteiger partial charge in [-0.2, -0.15) is 5.26 Å². The van der Waals surface area contributed by atoms with Crippen LogP contribution in [0.25, 0.3) is 33.3 Å². The van der Waals surface area contributed by atoms with Gasteiger partial charge in [-0.25, -0.2) is 14.6 Å². The number of carbonyl (C=O) groups excluding carboxylic acids is 2. The number of benzene rings is 2. The van der Waals surface area contributed by atoms with E-state index in [1.807, 2.05) is 26.8 Å². The van der Waals surface area contributed by atoms with Gasteiger partial charge >= 0.3 is 11.9 Å². The fourth-order valence-corrected chi connectivity index (χ4v) is 4.44. The van der Waals surface area contributed by atoms with Crippen LogP contribution >= 0.6 is 15.9 Å². The van der Waals surface area contributed by atoms with Crippen LogP contribution in [0.5, 0.6) is 0 Å². The van der Waals surface area contributed by atoms with Gasteiger partial charge in [0.1, 0.15) is 22.0 Å². The van der Waals surface area contributed by atoms with Gasteiger partial charge in [0.25, 0.3) is 0 Å². The van der Waals surface area contributed by atoms with Gasteiger partial charge in [0.15, 0.2) is 5.95 Å². The summed E-state index contributed by atoms with van der Waals surface area (Å²) in [4.78, 5) is 32.3. The number of rotatable bonds is 4. The molecule has 0 saturated heterocycles. The van der Waals surface area contributed by atoms with E-state index in [-0.39, 0.29) is 17.2 Å². The van der Waals surface area contributed by atoms with Gasteiger partial charge in [-0.05, 0) is 63.1 Å². The highest BCUT2D eigenvalue weighted by molar-refractivity contribution is 9.12. The number of aromatic nitrogens is 4. The lowest BCUT2D eigenvalue weighted by molar-refractivity contribution is 0.0593. The molecule has 0 atom stereocenters. The number of halogens is 1. The maximum Gasteiger partial charge on any atom is 0.340 e. The van der Waals surface area contributed by atoms with Crippen LogP contribution in [0.1, 0.15) is 43.6 Å². The summed E-state index contributed by atoms with van der Waals surface area (Å²) in [6, 6.07) is 6.89. The lowest BCUT2D eigenvalue weighted by Gasteiger charge is -2.10. The molecule has 0 fully saturated rings. The van der Waals surface area contributed by atoms with Crippen molar-refractivity contribution < 1.29 is 28.1 Å². The fourth-order valence-electron chi connectivity index (χ4n) is 4.44. The van der Waals surface area contributed by atoms with E-state index < -0.39 is 11.9 Å². The number of nitrogens with one attached hydrogen (secondary N) is 1. The number of H-pyrrole nitrogens is 1. The number of methoxy groups -OCH3 is 2. The number of anilines is 3. The number of hydrogen-bond donors (Lipinski definition) is 4. The highest BCUT2D eigenvalue weighted by Gasteiger charge is 2.20. The number of nitrogens with zero attached hydrogens (tertiary/aromatic N) is 4. The SMILES string of the molecule is COC(=O)c1cc(-c2c(C)noc2C)cc(N)c1N.COC(=O)c1cc(-c2c(C)noc2C)cc2[nH]c(N)nc12.N#CBr. The number of esters is 2. The quantitative estimate of drug-likeness (QED) is 0.148. The van der Waals surface area contributed by atoms with Crippen LogP contribution in [0.15, 0.2) is 33.3 Å². The average Bonchev–Trinajstić information content (AvgIpc) is 3.63. The number of nitrogen functional groups attached to an aromatic ring is 3. The number of fused-ring (bicyclic) bond motifs is 1. The molecule has 0 aliphatic carbocycles. The Kier molecular flexibility index (Phi) is 10.1. The smallest absolute Gasteiger partial charge is 0.340 e. The molecule has 5 aromatic rings. The molecule has 3 heterocycles. The van der Waals surface area contributed by atoms with Crippen molar-refractivity contribution in [2.24, 2.45) is 0 Å². The van der Waals surface area contributed by atoms with Crippen molar-refractivity contribution in [3.8, 4) is 27.2 Å². The standard InChI is InChI=1S/C14H14N4O3.C13H15N3O3.CBrN/c1-6-11(7(2)21-18-6)8-4-9(13(19)20-3)12-10(5-8)16-14(15)17-12;1-6-11(7(2)19-16-6)8-4-9(13(17)18-3)12(15)10(14)5-8;2-1-3/h4-5H,1-3H3,(H3,15,16,17);4-5H,14-15H2,1-3H3;. The van der Waals surface area contributed by atoms with Gasteiger partial charge in [0.2, 0.25) is 0 Å². The first kappa shape index (κ1) is 32.2.